The predicted molar refractivity (Wildman–Crippen MR) is 122 cm³/mol. The standard InChI is InChI=1S/C25H26ClFN4O2/c1-15-24(23(33)14-30-17-8-9-20(30)22(32)12-17)25(26)21(5-3-2-4-10-28)31(15)18-7-6-16(13-29)19(27)11-18/h6-7,11,17,20,22,32H,2-5,8-9,12,14H2,1H3/t17?,20?,22-/m0/s1. The van der Waals surface area contributed by atoms with Gasteiger partial charge in [-0.3, -0.25) is 9.69 Å². The van der Waals surface area contributed by atoms with Crippen molar-refractivity contribution in [1.82, 2.24) is 9.47 Å². The third-order valence-corrected chi connectivity index (χ3v) is 7.38. The number of fused-ring (bicyclic) bond motifs is 2. The molecule has 0 saturated carbocycles. The van der Waals surface area contributed by atoms with Gasteiger partial charge < -0.3 is 9.67 Å². The summed E-state index contributed by atoms with van der Waals surface area (Å²) < 4.78 is 16.2. The largest absolute Gasteiger partial charge is 0.391 e. The molecule has 2 bridgehead atoms. The van der Waals surface area contributed by atoms with Gasteiger partial charge in [0.1, 0.15) is 11.9 Å². The average molecular weight is 469 g/mol. The number of carbonyl (C=O) groups is 1. The van der Waals surface area contributed by atoms with E-state index in [9.17, 15) is 14.3 Å². The summed E-state index contributed by atoms with van der Waals surface area (Å²) in [6, 6.07) is 8.53. The van der Waals surface area contributed by atoms with Crippen LogP contribution in [0.4, 0.5) is 4.39 Å². The van der Waals surface area contributed by atoms with Gasteiger partial charge in [-0.1, -0.05) is 11.6 Å². The van der Waals surface area contributed by atoms with E-state index in [0.29, 0.717) is 59.8 Å². The van der Waals surface area contributed by atoms with Crippen LogP contribution in [0, 0.1) is 35.4 Å². The van der Waals surface area contributed by atoms with Crippen LogP contribution in [-0.4, -0.2) is 45.1 Å². The molecule has 1 aromatic heterocycles. The normalized spacial score (nSPS) is 21.8. The van der Waals surface area contributed by atoms with E-state index in [4.69, 9.17) is 22.1 Å². The molecule has 0 aliphatic carbocycles. The summed E-state index contributed by atoms with van der Waals surface area (Å²) in [6.45, 7) is 1.98. The van der Waals surface area contributed by atoms with Crippen molar-refractivity contribution in [2.45, 2.75) is 70.1 Å². The van der Waals surface area contributed by atoms with Crippen molar-refractivity contribution in [3.63, 3.8) is 0 Å². The van der Waals surface area contributed by atoms with Crippen molar-refractivity contribution in [2.24, 2.45) is 0 Å². The van der Waals surface area contributed by atoms with E-state index >= 15 is 0 Å². The number of aromatic nitrogens is 1. The van der Waals surface area contributed by atoms with Crippen molar-refractivity contribution in [2.75, 3.05) is 6.54 Å². The zero-order valence-electron chi connectivity index (χ0n) is 18.5. The number of aliphatic hydroxyl groups is 1. The lowest BCUT2D eigenvalue weighted by molar-refractivity contribution is 0.0873. The van der Waals surface area contributed by atoms with Crippen LogP contribution in [0.3, 0.4) is 0 Å². The van der Waals surface area contributed by atoms with E-state index < -0.39 is 11.9 Å². The van der Waals surface area contributed by atoms with Crippen molar-refractivity contribution in [3.8, 4) is 17.8 Å². The van der Waals surface area contributed by atoms with Gasteiger partial charge in [-0.05, 0) is 63.6 Å². The second kappa shape index (κ2) is 9.65. The second-order valence-electron chi connectivity index (χ2n) is 8.89. The molecule has 3 heterocycles. The first-order valence-electron chi connectivity index (χ1n) is 11.3. The quantitative estimate of drug-likeness (QED) is 0.456. The lowest BCUT2D eigenvalue weighted by atomic mass is 9.98. The Morgan fingerprint density at radius 1 is 1.30 bits per heavy atom. The van der Waals surface area contributed by atoms with Crippen LogP contribution in [0.1, 0.15) is 65.8 Å². The fourth-order valence-electron chi connectivity index (χ4n) is 5.40. The number of ketones is 1. The predicted octanol–water partition coefficient (Wildman–Crippen LogP) is 4.47. The fraction of sp³-hybridized carbons (Fsp3) is 0.480. The minimum absolute atomic E-state index is 0.0122. The minimum atomic E-state index is -0.634. The molecular formula is C25H26ClFN4O2. The van der Waals surface area contributed by atoms with Crippen LogP contribution in [0.2, 0.25) is 5.02 Å². The molecule has 2 aromatic rings. The smallest absolute Gasteiger partial charge is 0.180 e. The molecule has 1 aromatic carbocycles. The van der Waals surface area contributed by atoms with Gasteiger partial charge in [0.05, 0.1) is 34.9 Å². The highest BCUT2D eigenvalue weighted by molar-refractivity contribution is 6.35. The molecule has 8 heteroatoms. The molecule has 2 saturated heterocycles. The molecule has 6 nitrogen and oxygen atoms in total. The number of carbonyl (C=O) groups excluding carboxylic acids is 1. The molecule has 172 valence electrons. The average Bonchev–Trinajstić information content (AvgIpc) is 3.38. The summed E-state index contributed by atoms with van der Waals surface area (Å²) in [5.41, 5.74) is 2.18. The van der Waals surface area contributed by atoms with E-state index in [0.717, 1.165) is 12.8 Å². The van der Waals surface area contributed by atoms with Crippen molar-refractivity contribution >= 4 is 17.4 Å². The molecule has 0 spiro atoms. The van der Waals surface area contributed by atoms with Gasteiger partial charge in [0.2, 0.25) is 0 Å². The SMILES string of the molecule is Cc1c(C(=O)CN2C3CCC2[C@@H](O)C3)c(Cl)c(CCCCC#N)n1-c1ccc(C#N)c(F)c1. The number of hydrogen-bond acceptors (Lipinski definition) is 5. The molecular weight excluding hydrogens is 443 g/mol. The van der Waals surface area contributed by atoms with E-state index in [2.05, 4.69) is 11.0 Å². The van der Waals surface area contributed by atoms with Crippen LogP contribution in [-0.2, 0) is 6.42 Å². The summed E-state index contributed by atoms with van der Waals surface area (Å²) in [4.78, 5) is 15.5. The topological polar surface area (TPSA) is 93.1 Å². The maximum Gasteiger partial charge on any atom is 0.180 e. The summed E-state index contributed by atoms with van der Waals surface area (Å²) in [5.74, 6) is -0.750. The van der Waals surface area contributed by atoms with Crippen LogP contribution in [0.5, 0.6) is 0 Å². The molecule has 0 radical (unpaired) electrons. The number of rotatable bonds is 8. The van der Waals surface area contributed by atoms with E-state index in [-0.39, 0.29) is 30.0 Å². The van der Waals surface area contributed by atoms with Gasteiger partial charge in [0.25, 0.3) is 0 Å². The van der Waals surface area contributed by atoms with Crippen LogP contribution < -0.4 is 0 Å². The molecule has 1 N–H and O–H groups in total. The van der Waals surface area contributed by atoms with Crippen molar-refractivity contribution in [1.29, 1.82) is 10.5 Å². The highest BCUT2D eigenvalue weighted by Crippen LogP contribution is 2.39. The number of aliphatic hydroxyl groups excluding tert-OH is 1. The molecule has 2 aliphatic rings. The number of nitrogens with zero attached hydrogens (tertiary/aromatic N) is 4. The highest BCUT2D eigenvalue weighted by atomic mass is 35.5. The van der Waals surface area contributed by atoms with Gasteiger partial charge in [0.15, 0.2) is 5.78 Å². The highest BCUT2D eigenvalue weighted by Gasteiger charge is 2.46. The summed E-state index contributed by atoms with van der Waals surface area (Å²) >= 11 is 6.77. The first-order valence-corrected chi connectivity index (χ1v) is 11.7. The lowest BCUT2D eigenvalue weighted by Crippen LogP contribution is -2.36. The Morgan fingerprint density at radius 2 is 2.09 bits per heavy atom. The van der Waals surface area contributed by atoms with Crippen LogP contribution in [0.15, 0.2) is 18.2 Å². The van der Waals surface area contributed by atoms with Gasteiger partial charge in [-0.15, -0.1) is 0 Å². The van der Waals surface area contributed by atoms with Gasteiger partial charge >= 0.3 is 0 Å². The van der Waals surface area contributed by atoms with Crippen LogP contribution in [0.25, 0.3) is 5.69 Å². The Labute approximate surface area is 197 Å². The van der Waals surface area contributed by atoms with Gasteiger partial charge in [-0.25, -0.2) is 4.39 Å². The van der Waals surface area contributed by atoms with E-state index in [1.165, 1.54) is 12.1 Å². The fourth-order valence-corrected chi connectivity index (χ4v) is 5.82. The number of hydrogen-bond donors (Lipinski definition) is 1. The summed E-state index contributed by atoms with van der Waals surface area (Å²) in [5, 5.41) is 28.5. The van der Waals surface area contributed by atoms with E-state index in [1.54, 1.807) is 17.6 Å². The third kappa shape index (κ3) is 4.29. The first kappa shape index (κ1) is 23.4. The maximum absolute atomic E-state index is 14.4. The zero-order chi connectivity index (χ0) is 23.7. The Bertz CT molecular complexity index is 1160. The van der Waals surface area contributed by atoms with Crippen molar-refractivity contribution < 1.29 is 14.3 Å². The van der Waals surface area contributed by atoms with E-state index in [1.807, 2.05) is 6.07 Å². The lowest BCUT2D eigenvalue weighted by Gasteiger charge is -2.21. The Hall–Kier alpha value is -2.71. The molecule has 2 fully saturated rings. The van der Waals surface area contributed by atoms with Gasteiger partial charge in [0, 0.05) is 35.6 Å². The Kier molecular flexibility index (Phi) is 6.86. The number of benzene rings is 1. The zero-order valence-corrected chi connectivity index (χ0v) is 19.3. The summed E-state index contributed by atoms with van der Waals surface area (Å²) in [6.07, 6.45) is 4.52. The second-order valence-corrected chi connectivity index (χ2v) is 9.27. The minimum Gasteiger partial charge on any atom is -0.391 e. The Morgan fingerprint density at radius 3 is 2.70 bits per heavy atom. The molecule has 0 amide bonds. The molecule has 4 rings (SSSR count). The third-order valence-electron chi connectivity index (χ3n) is 6.98. The monoisotopic (exact) mass is 468 g/mol. The molecule has 33 heavy (non-hydrogen) atoms. The summed E-state index contributed by atoms with van der Waals surface area (Å²) in [7, 11) is 0. The number of halogens is 2. The first-order chi connectivity index (χ1) is 15.9. The molecule has 2 unspecified atom stereocenters. The number of unbranched alkanes of at least 4 members (excludes halogenated alkanes) is 2. The molecule has 2 aliphatic heterocycles. The Balaban J connectivity index is 1.70. The van der Waals surface area contributed by atoms with Crippen LogP contribution >= 0.6 is 11.6 Å². The van der Waals surface area contributed by atoms with Crippen molar-refractivity contribution in [3.05, 3.63) is 51.6 Å². The number of Topliss-reactive ketones (excluding diaryl/α,β-unsaturated/α-hetero) is 1. The molecule has 3 atom stereocenters. The number of nitriles is 2. The maximum atomic E-state index is 14.4. The van der Waals surface area contributed by atoms with Gasteiger partial charge in [-0.2, -0.15) is 10.5 Å².